The monoisotopic (exact) mass is 1780 g/mol. The van der Waals surface area contributed by atoms with Gasteiger partial charge < -0.3 is 117 Å². The van der Waals surface area contributed by atoms with Crippen molar-refractivity contribution in [3.8, 4) is 11.5 Å². The number of nitrogens with one attached hydrogen (secondary N) is 17. The Balaban J connectivity index is 1.31. The molecule has 3 heterocycles. The van der Waals surface area contributed by atoms with Crippen LogP contribution in [0.5, 0.6) is 11.5 Å². The van der Waals surface area contributed by atoms with Crippen LogP contribution in [0.25, 0.3) is 0 Å². The van der Waals surface area contributed by atoms with E-state index < -0.39 is 192 Å². The lowest BCUT2D eigenvalue weighted by Crippen LogP contribution is -2.58. The number of aromatic hydroxyl groups is 2. The molecule has 15 amide bonds. The number of aliphatic carboxylic acids is 2. The molecule has 3 fully saturated rings. The van der Waals surface area contributed by atoms with Crippen molar-refractivity contribution in [2.75, 3.05) is 58.1 Å². The van der Waals surface area contributed by atoms with E-state index in [1.165, 1.54) is 75.0 Å². The highest BCUT2D eigenvalue weighted by molar-refractivity contribution is 8.77. The number of carbonyl (C=O) groups is 18. The second kappa shape index (κ2) is 55.3. The van der Waals surface area contributed by atoms with Gasteiger partial charge in [-0.2, -0.15) is 0 Å². The number of amides is 15. The molecule has 5 unspecified atom stereocenters. The molecule has 0 bridgehead atoms. The van der Waals surface area contributed by atoms with Gasteiger partial charge in [-0.05, 0) is 119 Å². The number of benzene rings is 2. The Kier molecular flexibility index (Phi) is 45.8. The Labute approximate surface area is 724 Å². The molecule has 0 radical (unpaired) electrons. The molecule has 5 rings (SSSR count). The molecule has 0 aromatic heterocycles. The van der Waals surface area contributed by atoms with Crippen molar-refractivity contribution in [3.05, 3.63) is 59.7 Å². The first kappa shape index (κ1) is 103. The summed E-state index contributed by atoms with van der Waals surface area (Å²) in [7, 11) is 2.42. The highest BCUT2D eigenvalue weighted by Gasteiger charge is 2.40. The van der Waals surface area contributed by atoms with Gasteiger partial charge in [0.25, 0.3) is 0 Å². The van der Waals surface area contributed by atoms with E-state index in [1.54, 1.807) is 0 Å². The van der Waals surface area contributed by atoms with Crippen molar-refractivity contribution >= 4 is 140 Å². The maximum atomic E-state index is 14.6. The first-order valence-electron chi connectivity index (χ1n) is 41.4. The van der Waals surface area contributed by atoms with Crippen LogP contribution in [-0.2, 0) is 99.1 Å². The Morgan fingerprint density at radius 2 is 0.935 bits per heavy atom. The molecule has 3 saturated heterocycles. The lowest BCUT2D eigenvalue weighted by molar-refractivity contribution is -0.141. The van der Waals surface area contributed by atoms with Gasteiger partial charge in [0.05, 0.1) is 38.0 Å². The molecule has 0 aliphatic carbocycles. The van der Waals surface area contributed by atoms with Crippen LogP contribution in [-0.4, -0.2) is 261 Å². The molecule has 11 atom stereocenters. The van der Waals surface area contributed by atoms with Gasteiger partial charge in [-0.25, -0.2) is 0 Å². The number of hydrogen-bond donors (Lipinski definition) is 24. The van der Waals surface area contributed by atoms with Crippen molar-refractivity contribution in [3.63, 3.8) is 0 Å². The molecule has 0 spiro atoms. The summed E-state index contributed by atoms with van der Waals surface area (Å²) in [5, 5.41) is 92.3. The number of ketones is 1. The Morgan fingerprint density at radius 3 is 1.48 bits per heavy atom. The number of phenols is 2. The summed E-state index contributed by atoms with van der Waals surface area (Å²) in [5.74, 6) is -17.3. The number of unbranched alkanes of at least 4 members (excludes halogenated alkanes) is 7. The SMILES string of the molecule is CCCCCCN1C(=O)CC(SSCC(N)C(=O)NCCCCCC(=O)NC(CCC(=O)NCCCCC2NC(=O)[C@@H](CCCNC(=N)N)NC(=O)CNC(=O)[C@@H](CC(=O)O)NC(=O)[C@H](Cc3ccc(O)cc3)NC2=O)C(=O)NCCCCC2CC(=O)[C@@H](CCCNC(=N)N)NC(=O)CNC(=O)[C@@H](CC(=O)O)NC(=O)[C@H](Cc3ccc(O)cc3)NC2=O)C1=O. The smallest absolute Gasteiger partial charge is 0.305 e. The van der Waals surface area contributed by atoms with E-state index in [0.29, 0.717) is 30.5 Å². The van der Waals surface area contributed by atoms with E-state index in [-0.39, 0.29) is 183 Å². The van der Waals surface area contributed by atoms with Gasteiger partial charge in [0.15, 0.2) is 17.7 Å². The number of guanidine groups is 2. The third-order valence-electron chi connectivity index (χ3n) is 20.1. The van der Waals surface area contributed by atoms with Crippen LogP contribution in [0.1, 0.15) is 172 Å². The predicted molar refractivity (Wildman–Crippen MR) is 453 cm³/mol. The fraction of sp³-hybridized carbons (Fsp3) is 0.595. The molecule has 124 heavy (non-hydrogen) atoms. The second-order valence-electron chi connectivity index (χ2n) is 30.3. The molecule has 45 heteroatoms. The summed E-state index contributed by atoms with van der Waals surface area (Å²) in [4.78, 5) is 245. The topological polar surface area (TPSA) is 698 Å². The molecular weight excluding hydrogens is 1660 g/mol. The Bertz CT molecular complexity index is 4040. The number of carbonyl (C=O) groups excluding carboxylic acids is 16. The summed E-state index contributed by atoms with van der Waals surface area (Å²) in [6.45, 7) is 1.06. The maximum absolute atomic E-state index is 14.6. The van der Waals surface area contributed by atoms with Gasteiger partial charge in [0.2, 0.25) is 88.6 Å². The normalized spacial score (nSPS) is 20.7. The zero-order valence-corrected chi connectivity index (χ0v) is 71.0. The molecule has 27 N–H and O–H groups in total. The van der Waals surface area contributed by atoms with Crippen LogP contribution < -0.4 is 97.0 Å². The standard InChI is InChI=1S/C79H119N21O22S2/c1-2-3-4-12-35-100-65(108)41-60(77(100)122)124-123-44-50(80)69(114)86-31-9-5-6-19-62(105)93-54(70(115)87-32-10-7-15-47-38-59(103)51(17-13-33-88-78(81)82)92-63(106)42-90-71(116)57(39-66(109)110)98-75(120)55(96-68(47)113)36-45-20-24-48(101)25-21-45)28-29-61(104)85-30-11-8-16-53-74(119)97-56(37-46-22-26-49(102)27-23-46)76(121)99-58(40-67(111)112)72(117)91-43-64(107)94-52(73(118)95-53)18-14-34-89-79(83)84/h20-27,47,50-58,60,101-102H,2-19,28-44,80H2,1H3,(H,85,104)(H,86,114)(H,87,115)(H,90,116)(H,91,117)(H,92,106)(H,93,105)(H,94,107)(H,95,118)(H,96,113)(H,97,119)(H,98,120)(H,99,121)(H,109,110)(H,111,112)(H4,81,82,88)(H4,83,84,89)/t47?,50?,51-,52-,53?,54?,55+,56+,57-,58-,60?/m1/s1. The van der Waals surface area contributed by atoms with Crippen molar-refractivity contribution in [1.29, 1.82) is 10.8 Å². The van der Waals surface area contributed by atoms with E-state index >= 15 is 0 Å². The molecule has 0 saturated carbocycles. The molecule has 3 aliphatic rings. The molecule has 684 valence electrons. The van der Waals surface area contributed by atoms with E-state index in [0.717, 1.165) is 25.7 Å². The fourth-order valence-corrected chi connectivity index (χ4v) is 15.9. The van der Waals surface area contributed by atoms with Crippen molar-refractivity contribution in [2.24, 2.45) is 23.1 Å². The van der Waals surface area contributed by atoms with Crippen molar-refractivity contribution < 1.29 is 107 Å². The number of nitrogens with two attached hydrogens (primary N) is 3. The lowest BCUT2D eigenvalue weighted by atomic mass is 9.90. The number of nitrogens with zero attached hydrogens (tertiary/aromatic N) is 1. The van der Waals surface area contributed by atoms with Gasteiger partial charge in [-0.15, -0.1) is 0 Å². The molecule has 43 nitrogen and oxygen atoms in total. The first-order valence-corrected chi connectivity index (χ1v) is 43.8. The van der Waals surface area contributed by atoms with E-state index in [2.05, 4.69) is 86.7 Å². The third-order valence-corrected chi connectivity index (χ3v) is 22.8. The Hall–Kier alpha value is -11.9. The molecular formula is C79H119N21O22S2. The van der Waals surface area contributed by atoms with Crippen LogP contribution in [0.4, 0.5) is 0 Å². The number of imide groups is 1. The van der Waals surface area contributed by atoms with Gasteiger partial charge >= 0.3 is 11.9 Å². The average molecular weight is 1780 g/mol. The van der Waals surface area contributed by atoms with Gasteiger partial charge in [-0.3, -0.25) is 102 Å². The minimum absolute atomic E-state index is 0.0536. The highest BCUT2D eigenvalue weighted by atomic mass is 33.1. The van der Waals surface area contributed by atoms with Gasteiger partial charge in [0, 0.05) is 89.5 Å². The quantitative estimate of drug-likeness (QED) is 0.0101. The van der Waals surface area contributed by atoms with Crippen LogP contribution in [0.2, 0.25) is 0 Å². The lowest BCUT2D eigenvalue weighted by Gasteiger charge is -2.26. The zero-order valence-electron chi connectivity index (χ0n) is 69.4. The van der Waals surface area contributed by atoms with Crippen LogP contribution in [0.15, 0.2) is 48.5 Å². The second-order valence-corrected chi connectivity index (χ2v) is 32.9. The van der Waals surface area contributed by atoms with E-state index in [1.807, 2.05) is 0 Å². The van der Waals surface area contributed by atoms with E-state index in [9.17, 15) is 107 Å². The minimum Gasteiger partial charge on any atom is -0.508 e. The van der Waals surface area contributed by atoms with Gasteiger partial charge in [-0.1, -0.05) is 84.9 Å². The number of carboxylic acids is 2. The molecule has 3 aliphatic heterocycles. The van der Waals surface area contributed by atoms with Crippen LogP contribution >= 0.6 is 21.6 Å². The Morgan fingerprint density at radius 1 is 0.484 bits per heavy atom. The minimum atomic E-state index is -1.76. The summed E-state index contributed by atoms with van der Waals surface area (Å²) in [6, 6.07) is -1.98. The van der Waals surface area contributed by atoms with Crippen LogP contribution in [0, 0.1) is 16.7 Å². The number of likely N-dealkylation sites (tertiary alicyclic amines) is 1. The van der Waals surface area contributed by atoms with E-state index in [4.69, 9.17) is 28.0 Å². The number of hydrogen-bond acceptors (Lipinski definition) is 25. The van der Waals surface area contributed by atoms with Gasteiger partial charge in [0.1, 0.15) is 59.0 Å². The summed E-state index contributed by atoms with van der Waals surface area (Å²) in [6.07, 6.45) is 1.37. The number of carboxylic acid groups (broad SMARTS) is 2. The largest absolute Gasteiger partial charge is 0.508 e. The third kappa shape index (κ3) is 39.5. The predicted octanol–water partition coefficient (Wildman–Crippen LogP) is -3.48. The first-order chi connectivity index (χ1) is 59.1. The average Bonchev–Trinajstić information content (AvgIpc) is 1.67. The number of Topliss-reactive ketones (excluding diaryl/α,β-unsaturated/α-hetero) is 1. The fourth-order valence-electron chi connectivity index (χ4n) is 13.3. The number of rotatable bonds is 47. The summed E-state index contributed by atoms with van der Waals surface area (Å²) in [5.41, 5.74) is 17.9. The zero-order chi connectivity index (χ0) is 91.2. The number of phenolic OH excluding ortho intramolecular Hbond substituents is 2. The van der Waals surface area contributed by atoms with Crippen LogP contribution in [0.3, 0.4) is 0 Å². The summed E-state index contributed by atoms with van der Waals surface area (Å²) >= 11 is 0. The summed E-state index contributed by atoms with van der Waals surface area (Å²) < 4.78 is 0. The van der Waals surface area contributed by atoms with Crippen molar-refractivity contribution in [1.82, 2.24) is 84.7 Å². The molecule has 2 aromatic rings. The van der Waals surface area contributed by atoms with Crippen molar-refractivity contribution in [2.45, 2.75) is 233 Å². The molecule has 2 aromatic carbocycles. The maximum Gasteiger partial charge on any atom is 0.305 e. The highest BCUT2D eigenvalue weighted by Crippen LogP contribution is 2.35.